The molecule has 1 unspecified atom stereocenters. The Morgan fingerprint density at radius 1 is 1.44 bits per heavy atom. The van der Waals surface area contributed by atoms with Crippen LogP contribution in [0.15, 0.2) is 18.3 Å². The van der Waals surface area contributed by atoms with Gasteiger partial charge in [0.1, 0.15) is 5.82 Å². The third kappa shape index (κ3) is 4.33. The Morgan fingerprint density at radius 3 is 2.56 bits per heavy atom. The lowest BCUT2D eigenvalue weighted by Crippen LogP contribution is -2.24. The molecule has 0 aromatic carbocycles. The van der Waals surface area contributed by atoms with E-state index in [0.29, 0.717) is 12.1 Å². The number of aromatic nitrogens is 1. The molecule has 1 rings (SSSR count). The van der Waals surface area contributed by atoms with Crippen LogP contribution in [0.3, 0.4) is 0 Å². The maximum Gasteiger partial charge on any atom is 0.225 e. The van der Waals surface area contributed by atoms with Crippen molar-refractivity contribution in [2.45, 2.75) is 33.2 Å². The molecule has 3 N–H and O–H groups in total. The van der Waals surface area contributed by atoms with Crippen LogP contribution in [-0.2, 0) is 4.79 Å². The zero-order valence-corrected chi connectivity index (χ0v) is 11.3. The lowest BCUT2D eigenvalue weighted by molar-refractivity contribution is -0.116. The summed E-state index contributed by atoms with van der Waals surface area (Å²) in [5.74, 6) is 0.840. The maximum absolute atomic E-state index is 11.5. The van der Waals surface area contributed by atoms with Crippen molar-refractivity contribution in [2.24, 2.45) is 5.73 Å². The maximum atomic E-state index is 11.5. The molecule has 0 bridgehead atoms. The van der Waals surface area contributed by atoms with E-state index in [1.807, 2.05) is 12.1 Å². The third-order valence-corrected chi connectivity index (χ3v) is 2.63. The molecule has 0 spiro atoms. The van der Waals surface area contributed by atoms with Crippen molar-refractivity contribution in [3.05, 3.63) is 18.3 Å². The van der Waals surface area contributed by atoms with Gasteiger partial charge in [0.25, 0.3) is 0 Å². The lowest BCUT2D eigenvalue weighted by atomic mass is 10.2. The van der Waals surface area contributed by atoms with Gasteiger partial charge < -0.3 is 16.0 Å². The molecule has 0 aliphatic heterocycles. The highest BCUT2D eigenvalue weighted by Gasteiger charge is 2.07. The Morgan fingerprint density at radius 2 is 2.11 bits per heavy atom. The van der Waals surface area contributed by atoms with E-state index in [1.165, 1.54) is 0 Å². The third-order valence-electron chi connectivity index (χ3n) is 2.63. The summed E-state index contributed by atoms with van der Waals surface area (Å²) >= 11 is 0. The molecule has 5 nitrogen and oxygen atoms in total. The highest BCUT2D eigenvalue weighted by atomic mass is 16.1. The number of hydrogen-bond acceptors (Lipinski definition) is 4. The van der Waals surface area contributed by atoms with Crippen molar-refractivity contribution >= 4 is 17.4 Å². The molecule has 18 heavy (non-hydrogen) atoms. The predicted molar refractivity (Wildman–Crippen MR) is 74.7 cm³/mol. The Bertz CT molecular complexity index is 371. The van der Waals surface area contributed by atoms with Crippen LogP contribution in [0.4, 0.5) is 11.5 Å². The molecule has 0 aliphatic carbocycles. The number of nitrogens with two attached hydrogens (primary N) is 1. The molecule has 0 saturated heterocycles. The van der Waals surface area contributed by atoms with Gasteiger partial charge in [0.05, 0.1) is 11.9 Å². The van der Waals surface area contributed by atoms with E-state index in [9.17, 15) is 4.79 Å². The molecule has 0 fully saturated rings. The quantitative estimate of drug-likeness (QED) is 0.804. The Hall–Kier alpha value is -1.62. The fraction of sp³-hybridized carbons (Fsp3) is 0.538. The van der Waals surface area contributed by atoms with Crippen molar-refractivity contribution in [3.8, 4) is 0 Å². The van der Waals surface area contributed by atoms with Crippen LogP contribution in [0, 0.1) is 0 Å². The second-order valence-electron chi connectivity index (χ2n) is 4.31. The highest BCUT2D eigenvalue weighted by Crippen LogP contribution is 2.14. The van der Waals surface area contributed by atoms with Gasteiger partial charge in [-0.05, 0) is 32.9 Å². The van der Waals surface area contributed by atoms with Gasteiger partial charge in [0.15, 0.2) is 0 Å². The summed E-state index contributed by atoms with van der Waals surface area (Å²) < 4.78 is 0. The molecule has 0 radical (unpaired) electrons. The zero-order chi connectivity index (χ0) is 13.5. The molecule has 1 heterocycles. The fourth-order valence-corrected chi connectivity index (χ4v) is 1.70. The van der Waals surface area contributed by atoms with Crippen LogP contribution in [0.2, 0.25) is 0 Å². The van der Waals surface area contributed by atoms with Gasteiger partial charge in [-0.15, -0.1) is 0 Å². The second kappa shape index (κ2) is 6.96. The smallest absolute Gasteiger partial charge is 0.225 e. The number of nitrogens with one attached hydrogen (secondary N) is 1. The molecule has 1 aromatic heterocycles. The van der Waals surface area contributed by atoms with E-state index in [1.54, 1.807) is 13.1 Å². The van der Waals surface area contributed by atoms with E-state index in [0.717, 1.165) is 18.9 Å². The predicted octanol–water partition coefficient (Wildman–Crippen LogP) is 1.60. The number of carbonyl (C=O) groups is 1. The summed E-state index contributed by atoms with van der Waals surface area (Å²) in [7, 11) is 0. The largest absolute Gasteiger partial charge is 0.357 e. The van der Waals surface area contributed by atoms with E-state index in [4.69, 9.17) is 5.73 Å². The number of pyridine rings is 1. The Balaban J connectivity index is 2.62. The molecule has 0 saturated carbocycles. The van der Waals surface area contributed by atoms with Crippen molar-refractivity contribution in [2.75, 3.05) is 23.3 Å². The lowest BCUT2D eigenvalue weighted by Gasteiger charge is -2.19. The highest BCUT2D eigenvalue weighted by molar-refractivity contribution is 5.90. The Labute approximate surface area is 108 Å². The SMILES string of the molecule is CCN(CC)c1ccc(NC(=O)CC(C)N)cn1. The average molecular weight is 250 g/mol. The number of carbonyl (C=O) groups excluding carboxylic acids is 1. The first kappa shape index (κ1) is 14.4. The van der Waals surface area contributed by atoms with Crippen LogP contribution >= 0.6 is 0 Å². The minimum absolute atomic E-state index is 0.0811. The number of amides is 1. The van der Waals surface area contributed by atoms with Crippen molar-refractivity contribution in [3.63, 3.8) is 0 Å². The molecule has 0 aliphatic rings. The molecule has 1 atom stereocenters. The van der Waals surface area contributed by atoms with Gasteiger partial charge in [-0.1, -0.05) is 0 Å². The van der Waals surface area contributed by atoms with Crippen LogP contribution in [0.1, 0.15) is 27.2 Å². The average Bonchev–Trinajstić information content (AvgIpc) is 2.31. The molecular formula is C13H22N4O. The van der Waals surface area contributed by atoms with Gasteiger partial charge in [0, 0.05) is 25.6 Å². The van der Waals surface area contributed by atoms with E-state index in [2.05, 4.69) is 29.0 Å². The first-order valence-electron chi connectivity index (χ1n) is 6.33. The first-order chi connectivity index (χ1) is 8.56. The topological polar surface area (TPSA) is 71.2 Å². The number of hydrogen-bond donors (Lipinski definition) is 2. The van der Waals surface area contributed by atoms with Gasteiger partial charge >= 0.3 is 0 Å². The molecule has 5 heteroatoms. The van der Waals surface area contributed by atoms with Gasteiger partial charge in [0.2, 0.25) is 5.91 Å². The Kier molecular flexibility index (Phi) is 5.58. The van der Waals surface area contributed by atoms with Crippen molar-refractivity contribution in [1.29, 1.82) is 0 Å². The molecular weight excluding hydrogens is 228 g/mol. The second-order valence-corrected chi connectivity index (χ2v) is 4.31. The zero-order valence-electron chi connectivity index (χ0n) is 11.3. The number of nitrogens with zero attached hydrogens (tertiary/aromatic N) is 2. The number of anilines is 2. The van der Waals surface area contributed by atoms with Crippen molar-refractivity contribution in [1.82, 2.24) is 4.98 Å². The summed E-state index contributed by atoms with van der Waals surface area (Å²) in [5.41, 5.74) is 6.27. The summed E-state index contributed by atoms with van der Waals surface area (Å²) in [6.07, 6.45) is 1.99. The standard InChI is InChI=1S/C13H22N4O/c1-4-17(5-2)12-7-6-11(9-15-12)16-13(18)8-10(3)14/h6-7,9-10H,4-5,8,14H2,1-3H3,(H,16,18). The monoisotopic (exact) mass is 250 g/mol. The van der Waals surface area contributed by atoms with Crippen molar-refractivity contribution < 1.29 is 4.79 Å². The fourth-order valence-electron chi connectivity index (χ4n) is 1.70. The molecule has 100 valence electrons. The van der Waals surface area contributed by atoms with Crippen LogP contribution < -0.4 is 16.0 Å². The summed E-state index contributed by atoms with van der Waals surface area (Å²) in [4.78, 5) is 18.0. The van der Waals surface area contributed by atoms with Crippen LogP contribution in [0.5, 0.6) is 0 Å². The number of rotatable bonds is 6. The molecule has 1 amide bonds. The van der Waals surface area contributed by atoms with E-state index in [-0.39, 0.29) is 11.9 Å². The van der Waals surface area contributed by atoms with Crippen LogP contribution in [0.25, 0.3) is 0 Å². The normalized spacial score (nSPS) is 12.0. The van der Waals surface area contributed by atoms with Crippen LogP contribution in [-0.4, -0.2) is 30.0 Å². The van der Waals surface area contributed by atoms with Gasteiger partial charge in [-0.2, -0.15) is 0 Å². The summed E-state index contributed by atoms with van der Waals surface area (Å²) in [6.45, 7) is 7.81. The molecule has 1 aromatic rings. The van der Waals surface area contributed by atoms with Gasteiger partial charge in [-0.25, -0.2) is 4.98 Å². The van der Waals surface area contributed by atoms with E-state index >= 15 is 0 Å². The van der Waals surface area contributed by atoms with Gasteiger partial charge in [-0.3, -0.25) is 4.79 Å². The van der Waals surface area contributed by atoms with E-state index < -0.39 is 0 Å². The minimum atomic E-state index is -0.132. The summed E-state index contributed by atoms with van der Waals surface area (Å²) in [6, 6.07) is 3.64. The first-order valence-corrected chi connectivity index (χ1v) is 6.33. The summed E-state index contributed by atoms with van der Waals surface area (Å²) in [5, 5.41) is 2.78. The minimum Gasteiger partial charge on any atom is -0.357 e.